The third-order valence-electron chi connectivity index (χ3n) is 6.76. The molecule has 4 rings (SSSR count). The van der Waals surface area contributed by atoms with Crippen LogP contribution in [-0.4, -0.2) is 76.2 Å². The summed E-state index contributed by atoms with van der Waals surface area (Å²) in [4.78, 5) is 28.0. The fraction of sp³-hybridized carbons (Fsp3) is 0.680. The lowest BCUT2D eigenvalue weighted by atomic mass is 9.81. The molecule has 0 aromatic carbocycles. The number of aryl methyl sites for hydroxylation is 1. The van der Waals surface area contributed by atoms with Crippen molar-refractivity contribution in [1.29, 1.82) is 0 Å². The fourth-order valence-electron chi connectivity index (χ4n) is 4.61. The van der Waals surface area contributed by atoms with Crippen LogP contribution in [0.3, 0.4) is 0 Å². The van der Waals surface area contributed by atoms with Gasteiger partial charge in [-0.3, -0.25) is 9.78 Å². The van der Waals surface area contributed by atoms with Gasteiger partial charge in [0.25, 0.3) is 17.0 Å². The Bertz CT molecular complexity index is 1010. The zero-order chi connectivity index (χ0) is 26.5. The van der Waals surface area contributed by atoms with E-state index in [0.29, 0.717) is 56.1 Å². The van der Waals surface area contributed by atoms with E-state index >= 15 is 4.39 Å². The van der Waals surface area contributed by atoms with Crippen LogP contribution in [0, 0.1) is 6.92 Å². The number of rotatable bonds is 10. The molecule has 1 aliphatic heterocycles. The second-order valence-electron chi connectivity index (χ2n) is 10.1. The lowest BCUT2D eigenvalue weighted by Gasteiger charge is -2.35. The molecule has 0 saturated heterocycles. The van der Waals surface area contributed by atoms with Gasteiger partial charge in [0, 0.05) is 43.9 Å². The number of carbonyl (C=O) groups excluding carboxylic acids is 1. The summed E-state index contributed by atoms with van der Waals surface area (Å²) in [5.41, 5.74) is 0.421. The van der Waals surface area contributed by atoms with Crippen LogP contribution < -0.4 is 14.8 Å². The van der Waals surface area contributed by atoms with Crippen LogP contribution in [-0.2, 0) is 17.6 Å². The van der Waals surface area contributed by atoms with Gasteiger partial charge in [-0.2, -0.15) is 0 Å². The molecule has 0 unspecified atom stereocenters. The number of thiazole rings is 1. The molecule has 1 fully saturated rings. The SMILES string of the molecule is Cc1cnc(OCC(=O)N[C@H]2CC[C@](F)(CCN3CCc4nc(OCC(C)(F)F)sc4CC3)CC2)cn1. The third-order valence-corrected chi connectivity index (χ3v) is 7.83. The summed E-state index contributed by atoms with van der Waals surface area (Å²) >= 11 is 1.33. The van der Waals surface area contributed by atoms with Crippen molar-refractivity contribution in [3.8, 4) is 11.1 Å². The van der Waals surface area contributed by atoms with Crippen molar-refractivity contribution in [2.45, 2.75) is 76.4 Å². The van der Waals surface area contributed by atoms with Crippen LogP contribution in [0.25, 0.3) is 0 Å². The highest BCUT2D eigenvalue weighted by atomic mass is 32.1. The normalized spacial score (nSPS) is 22.7. The summed E-state index contributed by atoms with van der Waals surface area (Å²) in [6.45, 7) is 3.99. The molecule has 3 heterocycles. The van der Waals surface area contributed by atoms with E-state index in [9.17, 15) is 13.6 Å². The highest BCUT2D eigenvalue weighted by Crippen LogP contribution is 2.35. The van der Waals surface area contributed by atoms with E-state index in [4.69, 9.17) is 9.47 Å². The smallest absolute Gasteiger partial charge is 0.278 e. The number of ether oxygens (including phenoxy) is 2. The maximum atomic E-state index is 15.5. The monoisotopic (exact) mass is 541 g/mol. The molecule has 2 aliphatic rings. The Labute approximate surface area is 219 Å². The Morgan fingerprint density at radius 1 is 1.22 bits per heavy atom. The Morgan fingerprint density at radius 2 is 1.97 bits per heavy atom. The van der Waals surface area contributed by atoms with Crippen molar-refractivity contribution < 1.29 is 27.4 Å². The minimum absolute atomic E-state index is 0.0617. The molecule has 204 valence electrons. The maximum Gasteiger partial charge on any atom is 0.278 e. The van der Waals surface area contributed by atoms with Gasteiger partial charge in [-0.1, -0.05) is 11.3 Å². The summed E-state index contributed by atoms with van der Waals surface area (Å²) in [5, 5.41) is 3.23. The van der Waals surface area contributed by atoms with Gasteiger partial charge in [-0.25, -0.2) is 23.1 Å². The van der Waals surface area contributed by atoms with Crippen molar-refractivity contribution >= 4 is 17.2 Å². The van der Waals surface area contributed by atoms with Crippen LogP contribution in [0.1, 0.15) is 55.3 Å². The molecular weight excluding hydrogens is 507 g/mol. The Balaban J connectivity index is 1.15. The first-order valence-electron chi connectivity index (χ1n) is 12.7. The summed E-state index contributed by atoms with van der Waals surface area (Å²) in [5.74, 6) is -2.85. The highest BCUT2D eigenvalue weighted by Gasteiger charge is 2.36. The van der Waals surface area contributed by atoms with Gasteiger partial charge in [0.1, 0.15) is 5.67 Å². The molecular formula is C25H34F3N5O3S. The highest BCUT2D eigenvalue weighted by molar-refractivity contribution is 7.13. The minimum atomic E-state index is -2.89. The molecule has 1 aliphatic carbocycles. The van der Waals surface area contributed by atoms with E-state index < -0.39 is 18.2 Å². The molecule has 0 atom stereocenters. The van der Waals surface area contributed by atoms with Crippen molar-refractivity contribution in [3.05, 3.63) is 28.7 Å². The van der Waals surface area contributed by atoms with Gasteiger partial charge in [0.15, 0.2) is 13.2 Å². The topological polar surface area (TPSA) is 89.5 Å². The van der Waals surface area contributed by atoms with Crippen LogP contribution in [0.4, 0.5) is 13.2 Å². The zero-order valence-electron chi connectivity index (χ0n) is 21.3. The van der Waals surface area contributed by atoms with Gasteiger partial charge in [-0.05, 0) is 45.4 Å². The molecule has 12 heteroatoms. The average molecular weight is 542 g/mol. The molecule has 8 nitrogen and oxygen atoms in total. The number of nitrogens with one attached hydrogen (secondary N) is 1. The van der Waals surface area contributed by atoms with E-state index in [1.54, 1.807) is 6.20 Å². The van der Waals surface area contributed by atoms with E-state index in [-0.39, 0.29) is 18.6 Å². The van der Waals surface area contributed by atoms with Crippen LogP contribution >= 0.6 is 11.3 Å². The van der Waals surface area contributed by atoms with E-state index in [2.05, 4.69) is 25.2 Å². The van der Waals surface area contributed by atoms with Crippen molar-refractivity contribution in [2.75, 3.05) is 32.8 Å². The van der Waals surface area contributed by atoms with Crippen molar-refractivity contribution in [1.82, 2.24) is 25.2 Å². The largest absolute Gasteiger partial charge is 0.466 e. The Hall–Kier alpha value is -2.47. The molecule has 37 heavy (non-hydrogen) atoms. The van der Waals surface area contributed by atoms with Gasteiger partial charge in [0.2, 0.25) is 5.88 Å². The molecule has 2 aromatic heterocycles. The molecule has 0 radical (unpaired) electrons. The predicted molar refractivity (Wildman–Crippen MR) is 133 cm³/mol. The molecule has 1 saturated carbocycles. The number of nitrogens with zero attached hydrogens (tertiary/aromatic N) is 4. The summed E-state index contributed by atoms with van der Waals surface area (Å²) < 4.78 is 52.1. The maximum absolute atomic E-state index is 15.5. The number of aromatic nitrogens is 3. The van der Waals surface area contributed by atoms with Crippen molar-refractivity contribution in [3.63, 3.8) is 0 Å². The second-order valence-corrected chi connectivity index (χ2v) is 11.1. The molecule has 0 spiro atoms. The Morgan fingerprint density at radius 3 is 2.68 bits per heavy atom. The standard InChI is InChI=1S/C25H34F3N5O3S/c1-17-13-30-22(14-29-17)35-15-21(34)31-18-3-7-25(28,8-4-18)9-12-33-10-5-19-20(6-11-33)37-23(32-19)36-16-24(2,26)27/h13-14,18H,3-12,15-16H2,1-2H3,(H,31,34)/t18-,25+. The van der Waals surface area contributed by atoms with Crippen LogP contribution in [0.15, 0.2) is 12.4 Å². The second kappa shape index (κ2) is 11.9. The Kier molecular flexibility index (Phi) is 8.89. The van der Waals surface area contributed by atoms with Gasteiger partial charge in [-0.15, -0.1) is 0 Å². The zero-order valence-corrected chi connectivity index (χ0v) is 22.1. The first kappa shape index (κ1) is 27.6. The summed E-state index contributed by atoms with van der Waals surface area (Å²) in [7, 11) is 0. The number of halogens is 3. The van der Waals surface area contributed by atoms with Crippen LogP contribution in [0.5, 0.6) is 11.1 Å². The lowest BCUT2D eigenvalue weighted by Crippen LogP contribution is -2.44. The summed E-state index contributed by atoms with van der Waals surface area (Å²) in [6.07, 6.45) is 6.95. The van der Waals surface area contributed by atoms with Gasteiger partial charge < -0.3 is 19.7 Å². The number of alkyl halides is 3. The third kappa shape index (κ3) is 8.53. The number of amides is 1. The summed E-state index contributed by atoms with van der Waals surface area (Å²) in [6, 6.07) is -0.0617. The molecule has 1 amide bonds. The van der Waals surface area contributed by atoms with E-state index in [0.717, 1.165) is 42.7 Å². The van der Waals surface area contributed by atoms with Crippen molar-refractivity contribution in [2.24, 2.45) is 0 Å². The lowest BCUT2D eigenvalue weighted by molar-refractivity contribution is -0.124. The number of hydrogen-bond acceptors (Lipinski definition) is 8. The van der Waals surface area contributed by atoms with E-state index in [1.165, 1.54) is 17.5 Å². The first-order valence-corrected chi connectivity index (χ1v) is 13.5. The average Bonchev–Trinajstić information content (AvgIpc) is 3.15. The molecule has 1 N–H and O–H groups in total. The number of fused-ring (bicyclic) bond motifs is 1. The molecule has 2 aromatic rings. The molecule has 0 bridgehead atoms. The quantitative estimate of drug-likeness (QED) is 0.488. The van der Waals surface area contributed by atoms with Gasteiger partial charge >= 0.3 is 0 Å². The van der Waals surface area contributed by atoms with Crippen LogP contribution in [0.2, 0.25) is 0 Å². The number of carbonyl (C=O) groups is 1. The minimum Gasteiger partial charge on any atom is -0.466 e. The fourth-order valence-corrected chi connectivity index (χ4v) is 5.56. The van der Waals surface area contributed by atoms with E-state index in [1.807, 2.05) is 6.92 Å². The number of hydrogen-bond donors (Lipinski definition) is 1. The van der Waals surface area contributed by atoms with Gasteiger partial charge in [0.05, 0.1) is 23.8 Å². The first-order chi connectivity index (χ1) is 17.6. The predicted octanol–water partition coefficient (Wildman–Crippen LogP) is 3.91.